The third-order valence-corrected chi connectivity index (χ3v) is 4.83. The van der Waals surface area contributed by atoms with Crippen molar-refractivity contribution in [3.8, 4) is 0 Å². The number of sulfone groups is 1. The van der Waals surface area contributed by atoms with Crippen molar-refractivity contribution in [3.05, 3.63) is 0 Å². The standard InChI is InChI=1S/C11H19NO5S/c1-8(18(2,16)17)11(15)12(7-10(13)14)9-5-3-4-6-9/h8-9H,3-7H2,1-2H3,(H,13,14). The lowest BCUT2D eigenvalue weighted by Gasteiger charge is -2.29. The Balaban J connectivity index is 2.88. The van der Waals surface area contributed by atoms with Gasteiger partial charge in [0.05, 0.1) is 0 Å². The molecule has 0 aliphatic heterocycles. The number of aliphatic carboxylic acids is 1. The zero-order chi connectivity index (χ0) is 13.9. The second kappa shape index (κ2) is 5.69. The van der Waals surface area contributed by atoms with E-state index in [4.69, 9.17) is 5.11 Å². The molecule has 104 valence electrons. The molecular formula is C11H19NO5S. The van der Waals surface area contributed by atoms with E-state index in [2.05, 4.69) is 0 Å². The van der Waals surface area contributed by atoms with Crippen molar-refractivity contribution in [1.29, 1.82) is 0 Å². The Morgan fingerprint density at radius 3 is 2.22 bits per heavy atom. The van der Waals surface area contributed by atoms with Crippen LogP contribution >= 0.6 is 0 Å². The fourth-order valence-corrected chi connectivity index (χ4v) is 2.67. The van der Waals surface area contributed by atoms with Crippen molar-refractivity contribution in [2.45, 2.75) is 43.9 Å². The summed E-state index contributed by atoms with van der Waals surface area (Å²) in [4.78, 5) is 24.1. The number of hydrogen-bond acceptors (Lipinski definition) is 4. The predicted octanol–water partition coefficient (Wildman–Crippen LogP) is 0.275. The van der Waals surface area contributed by atoms with E-state index in [-0.39, 0.29) is 6.04 Å². The highest BCUT2D eigenvalue weighted by Gasteiger charge is 2.34. The number of carbonyl (C=O) groups is 2. The van der Waals surface area contributed by atoms with Crippen molar-refractivity contribution in [2.24, 2.45) is 0 Å². The average molecular weight is 277 g/mol. The summed E-state index contributed by atoms with van der Waals surface area (Å²) in [5.74, 6) is -1.72. The second-order valence-corrected chi connectivity index (χ2v) is 7.14. The first-order chi connectivity index (χ1) is 8.23. The molecule has 1 aliphatic carbocycles. The van der Waals surface area contributed by atoms with Crippen LogP contribution in [0.15, 0.2) is 0 Å². The molecule has 1 atom stereocenters. The van der Waals surface area contributed by atoms with Crippen molar-refractivity contribution < 1.29 is 23.1 Å². The van der Waals surface area contributed by atoms with Gasteiger partial charge in [-0.05, 0) is 19.8 Å². The summed E-state index contributed by atoms with van der Waals surface area (Å²) in [6, 6.07) is -0.141. The molecule has 0 aromatic heterocycles. The van der Waals surface area contributed by atoms with E-state index in [9.17, 15) is 18.0 Å². The third kappa shape index (κ3) is 3.69. The number of carboxylic acid groups (broad SMARTS) is 1. The van der Waals surface area contributed by atoms with Gasteiger partial charge >= 0.3 is 5.97 Å². The van der Waals surface area contributed by atoms with Crippen LogP contribution in [0, 0.1) is 0 Å². The number of nitrogens with zero attached hydrogens (tertiary/aromatic N) is 1. The molecule has 0 bridgehead atoms. The van der Waals surface area contributed by atoms with Crippen molar-refractivity contribution in [2.75, 3.05) is 12.8 Å². The van der Waals surface area contributed by atoms with Crippen LogP contribution in [0.25, 0.3) is 0 Å². The van der Waals surface area contributed by atoms with Crippen molar-refractivity contribution >= 4 is 21.7 Å². The quantitative estimate of drug-likeness (QED) is 0.779. The smallest absolute Gasteiger partial charge is 0.323 e. The minimum atomic E-state index is -3.50. The minimum Gasteiger partial charge on any atom is -0.480 e. The van der Waals surface area contributed by atoms with Crippen LogP contribution in [0.2, 0.25) is 0 Å². The molecule has 1 unspecified atom stereocenters. The molecule has 0 radical (unpaired) electrons. The Morgan fingerprint density at radius 2 is 1.83 bits per heavy atom. The molecule has 1 saturated carbocycles. The highest BCUT2D eigenvalue weighted by molar-refractivity contribution is 7.92. The maximum atomic E-state index is 12.1. The fourth-order valence-electron chi connectivity index (χ4n) is 2.17. The van der Waals surface area contributed by atoms with Gasteiger partial charge in [0, 0.05) is 12.3 Å². The zero-order valence-electron chi connectivity index (χ0n) is 10.6. The average Bonchev–Trinajstić information content (AvgIpc) is 2.75. The van der Waals surface area contributed by atoms with Crippen LogP contribution in [0.4, 0.5) is 0 Å². The molecule has 0 spiro atoms. The van der Waals surface area contributed by atoms with E-state index in [0.717, 1.165) is 31.9 Å². The molecule has 1 aliphatic rings. The number of hydrogen-bond donors (Lipinski definition) is 1. The molecule has 1 amide bonds. The molecule has 6 nitrogen and oxygen atoms in total. The van der Waals surface area contributed by atoms with Crippen molar-refractivity contribution in [1.82, 2.24) is 4.90 Å². The lowest BCUT2D eigenvalue weighted by molar-refractivity contribution is -0.145. The Labute approximate surface area is 107 Å². The van der Waals surface area contributed by atoms with Crippen LogP contribution in [-0.4, -0.2) is 54.4 Å². The van der Waals surface area contributed by atoms with E-state index < -0.39 is 33.5 Å². The van der Waals surface area contributed by atoms with Gasteiger partial charge in [0.2, 0.25) is 5.91 Å². The van der Waals surface area contributed by atoms with Crippen LogP contribution in [-0.2, 0) is 19.4 Å². The molecule has 0 heterocycles. The van der Waals surface area contributed by atoms with Crippen LogP contribution in [0.3, 0.4) is 0 Å². The molecule has 1 fully saturated rings. The fraction of sp³-hybridized carbons (Fsp3) is 0.818. The van der Waals surface area contributed by atoms with Gasteiger partial charge in [0.15, 0.2) is 9.84 Å². The largest absolute Gasteiger partial charge is 0.480 e. The van der Waals surface area contributed by atoms with Gasteiger partial charge in [-0.25, -0.2) is 8.42 Å². The summed E-state index contributed by atoms with van der Waals surface area (Å²) in [5.41, 5.74) is 0. The third-order valence-electron chi connectivity index (χ3n) is 3.34. The first kappa shape index (κ1) is 14.9. The first-order valence-electron chi connectivity index (χ1n) is 5.94. The summed E-state index contributed by atoms with van der Waals surface area (Å²) in [5, 5.41) is 7.65. The summed E-state index contributed by atoms with van der Waals surface area (Å²) >= 11 is 0. The van der Waals surface area contributed by atoms with Gasteiger partial charge in [-0.2, -0.15) is 0 Å². The summed E-state index contributed by atoms with van der Waals surface area (Å²) < 4.78 is 22.8. The van der Waals surface area contributed by atoms with E-state index in [1.165, 1.54) is 11.8 Å². The van der Waals surface area contributed by atoms with Crippen LogP contribution in [0.5, 0.6) is 0 Å². The molecule has 0 aromatic rings. The summed E-state index contributed by atoms with van der Waals surface area (Å²) in [6.07, 6.45) is 4.37. The van der Waals surface area contributed by atoms with Gasteiger partial charge < -0.3 is 10.0 Å². The molecule has 1 N–H and O–H groups in total. The Hall–Kier alpha value is -1.11. The lowest BCUT2D eigenvalue weighted by atomic mass is 10.2. The highest BCUT2D eigenvalue weighted by atomic mass is 32.2. The Bertz CT molecular complexity index is 425. The molecule has 1 rings (SSSR count). The number of carbonyl (C=O) groups excluding carboxylic acids is 1. The van der Waals surface area contributed by atoms with Gasteiger partial charge in [-0.1, -0.05) is 12.8 Å². The van der Waals surface area contributed by atoms with Crippen LogP contribution < -0.4 is 0 Å². The predicted molar refractivity (Wildman–Crippen MR) is 65.9 cm³/mol. The molecule has 18 heavy (non-hydrogen) atoms. The van der Waals surface area contributed by atoms with Gasteiger partial charge in [-0.15, -0.1) is 0 Å². The van der Waals surface area contributed by atoms with Crippen LogP contribution in [0.1, 0.15) is 32.6 Å². The second-order valence-electron chi connectivity index (χ2n) is 4.77. The maximum absolute atomic E-state index is 12.1. The first-order valence-corrected chi connectivity index (χ1v) is 7.90. The normalized spacial score (nSPS) is 18.6. The minimum absolute atomic E-state index is 0.141. The molecule has 7 heteroatoms. The van der Waals surface area contributed by atoms with Gasteiger partial charge in [0.25, 0.3) is 0 Å². The van der Waals surface area contributed by atoms with E-state index in [1.54, 1.807) is 0 Å². The Morgan fingerprint density at radius 1 is 1.33 bits per heavy atom. The zero-order valence-corrected chi connectivity index (χ0v) is 11.4. The topological polar surface area (TPSA) is 91.8 Å². The van der Waals surface area contributed by atoms with Crippen molar-refractivity contribution in [3.63, 3.8) is 0 Å². The van der Waals surface area contributed by atoms with E-state index >= 15 is 0 Å². The number of amides is 1. The highest BCUT2D eigenvalue weighted by Crippen LogP contribution is 2.24. The lowest BCUT2D eigenvalue weighted by Crippen LogP contribution is -2.48. The summed E-state index contributed by atoms with van der Waals surface area (Å²) in [7, 11) is -3.50. The molecular weight excluding hydrogens is 258 g/mol. The maximum Gasteiger partial charge on any atom is 0.323 e. The van der Waals surface area contributed by atoms with Gasteiger partial charge in [0.1, 0.15) is 11.8 Å². The monoisotopic (exact) mass is 277 g/mol. The Kier molecular flexibility index (Phi) is 4.72. The molecule has 0 saturated heterocycles. The van der Waals surface area contributed by atoms with E-state index in [1.807, 2.05) is 0 Å². The summed E-state index contributed by atoms with van der Waals surface area (Å²) in [6.45, 7) is 0.880. The van der Waals surface area contributed by atoms with E-state index in [0.29, 0.717) is 0 Å². The number of carboxylic acids is 1. The number of rotatable bonds is 5. The SMILES string of the molecule is CC(C(=O)N(CC(=O)O)C1CCCC1)S(C)(=O)=O. The molecule has 0 aromatic carbocycles. The van der Waals surface area contributed by atoms with Gasteiger partial charge in [-0.3, -0.25) is 9.59 Å².